The van der Waals surface area contributed by atoms with Gasteiger partial charge in [0.05, 0.1) is 4.92 Å². The smallest absolute Gasteiger partial charge is 0.327 e. The number of carbonyl (C=O) groups is 5. The Morgan fingerprint density at radius 1 is 0.979 bits per heavy atom. The highest BCUT2D eigenvalue weighted by Crippen LogP contribution is 2.31. The maximum atomic E-state index is 13.4. The molecule has 15 nitrogen and oxygen atoms in total. The zero-order chi connectivity index (χ0) is 34.9. The number of aliphatic carboxylic acids is 2. The summed E-state index contributed by atoms with van der Waals surface area (Å²) in [5, 5.41) is 40.6. The first-order chi connectivity index (χ1) is 22.0. The molecule has 47 heavy (non-hydrogen) atoms. The molecule has 0 radical (unpaired) electrons. The fraction of sp³-hybridized carbons (Fsp3) is 0.452. The van der Waals surface area contributed by atoms with Crippen molar-refractivity contribution in [3.8, 4) is 0 Å². The molecule has 0 spiro atoms. The van der Waals surface area contributed by atoms with Crippen molar-refractivity contribution in [2.24, 2.45) is 5.41 Å². The molecule has 2 aromatic carbocycles. The van der Waals surface area contributed by atoms with Gasteiger partial charge in [0.1, 0.15) is 18.1 Å². The summed E-state index contributed by atoms with van der Waals surface area (Å²) in [6, 6.07) is 6.72. The fourth-order valence-corrected chi connectivity index (χ4v) is 5.97. The molecule has 3 atom stereocenters. The van der Waals surface area contributed by atoms with Crippen LogP contribution in [-0.4, -0.2) is 87.0 Å². The van der Waals surface area contributed by atoms with Gasteiger partial charge in [0.2, 0.25) is 11.8 Å². The number of hydrogen-bond donors (Lipinski definition) is 6. The zero-order valence-corrected chi connectivity index (χ0v) is 27.4. The highest BCUT2D eigenvalue weighted by molar-refractivity contribution is 7.99. The lowest BCUT2D eigenvalue weighted by molar-refractivity contribution is -0.384. The number of anilines is 2. The Balaban J connectivity index is 1.58. The SMILES string of the molecule is CN1CCc2cc(NC(=O)Nc3ccc([N+](=O)[O-])cc3)ccc2C1C(=O)NC(CCSCC(NC(=O)CC(C)(C)C)C(=O)O)C(=O)O. The average molecular weight is 673 g/mol. The molecule has 0 bridgehead atoms. The summed E-state index contributed by atoms with van der Waals surface area (Å²) in [5.41, 5.74) is 1.86. The number of thioether (sulfide) groups is 1. The fourth-order valence-electron chi connectivity index (χ4n) is 4.94. The number of benzene rings is 2. The summed E-state index contributed by atoms with van der Waals surface area (Å²) in [4.78, 5) is 73.9. The van der Waals surface area contributed by atoms with Crippen molar-refractivity contribution in [2.45, 2.75) is 58.2 Å². The highest BCUT2D eigenvalue weighted by atomic mass is 32.2. The molecule has 2 aromatic rings. The number of nitro benzene ring substituents is 1. The van der Waals surface area contributed by atoms with E-state index < -0.39 is 46.9 Å². The van der Waals surface area contributed by atoms with Crippen molar-refractivity contribution < 1.29 is 39.1 Å². The van der Waals surface area contributed by atoms with Crippen molar-refractivity contribution in [3.63, 3.8) is 0 Å². The van der Waals surface area contributed by atoms with Crippen molar-refractivity contribution in [2.75, 3.05) is 35.7 Å². The third kappa shape index (κ3) is 11.2. The van der Waals surface area contributed by atoms with E-state index in [1.165, 1.54) is 36.0 Å². The van der Waals surface area contributed by atoms with Crippen LogP contribution < -0.4 is 21.3 Å². The zero-order valence-electron chi connectivity index (χ0n) is 26.6. The van der Waals surface area contributed by atoms with Crippen LogP contribution >= 0.6 is 11.8 Å². The topological polar surface area (TPSA) is 220 Å². The van der Waals surface area contributed by atoms with E-state index in [0.29, 0.717) is 29.9 Å². The van der Waals surface area contributed by atoms with Gasteiger partial charge in [-0.25, -0.2) is 14.4 Å². The summed E-state index contributed by atoms with van der Waals surface area (Å²) in [5.74, 6) is -3.06. The Kier molecular flexibility index (Phi) is 12.7. The van der Waals surface area contributed by atoms with Crippen molar-refractivity contribution >= 4 is 58.6 Å². The summed E-state index contributed by atoms with van der Waals surface area (Å²) in [6.07, 6.45) is 0.764. The van der Waals surface area contributed by atoms with Crippen LogP contribution in [0.1, 0.15) is 50.8 Å². The third-order valence-electron chi connectivity index (χ3n) is 7.23. The van der Waals surface area contributed by atoms with Gasteiger partial charge in [-0.05, 0) is 66.4 Å². The Morgan fingerprint density at radius 2 is 1.60 bits per heavy atom. The number of non-ortho nitro benzene ring substituents is 1. The number of amides is 4. The molecule has 1 aliphatic heterocycles. The number of nitrogens with one attached hydrogen (secondary N) is 4. The molecule has 0 fully saturated rings. The number of rotatable bonds is 14. The molecule has 0 saturated carbocycles. The maximum Gasteiger partial charge on any atom is 0.327 e. The molecule has 1 aliphatic rings. The molecule has 1 heterocycles. The number of hydrogen-bond acceptors (Lipinski definition) is 9. The quantitative estimate of drug-likeness (QED) is 0.0969. The van der Waals surface area contributed by atoms with Crippen LogP contribution in [0.15, 0.2) is 42.5 Å². The lowest BCUT2D eigenvalue weighted by atomic mass is 9.91. The molecule has 0 aliphatic carbocycles. The van der Waals surface area contributed by atoms with E-state index in [9.17, 15) is 44.3 Å². The molecule has 3 unspecified atom stereocenters. The second kappa shape index (κ2) is 16.2. The molecule has 6 N–H and O–H groups in total. The Labute approximate surface area is 276 Å². The van der Waals surface area contributed by atoms with E-state index in [-0.39, 0.29) is 41.4 Å². The van der Waals surface area contributed by atoms with Gasteiger partial charge in [0.15, 0.2) is 0 Å². The van der Waals surface area contributed by atoms with Crippen molar-refractivity contribution in [1.29, 1.82) is 0 Å². The van der Waals surface area contributed by atoms with Gasteiger partial charge in [-0.1, -0.05) is 26.8 Å². The summed E-state index contributed by atoms with van der Waals surface area (Å²) in [6.45, 7) is 6.09. The van der Waals surface area contributed by atoms with Crippen LogP contribution in [0.2, 0.25) is 0 Å². The Bertz CT molecular complexity index is 1500. The average Bonchev–Trinajstić information content (AvgIpc) is 2.97. The highest BCUT2D eigenvalue weighted by Gasteiger charge is 2.33. The van der Waals surface area contributed by atoms with Crippen molar-refractivity contribution in [1.82, 2.24) is 15.5 Å². The Hall–Kier alpha value is -4.70. The van der Waals surface area contributed by atoms with E-state index >= 15 is 0 Å². The number of carboxylic acid groups (broad SMARTS) is 2. The molecular formula is C31H40N6O9S. The molecular weight excluding hydrogens is 632 g/mol. The summed E-state index contributed by atoms with van der Waals surface area (Å²) in [7, 11) is 1.75. The van der Waals surface area contributed by atoms with Crippen LogP contribution in [0.4, 0.5) is 21.9 Å². The van der Waals surface area contributed by atoms with E-state index in [2.05, 4.69) is 21.3 Å². The van der Waals surface area contributed by atoms with Crippen LogP contribution in [0.25, 0.3) is 0 Å². The van der Waals surface area contributed by atoms with Crippen molar-refractivity contribution in [3.05, 3.63) is 63.7 Å². The van der Waals surface area contributed by atoms with E-state index in [0.717, 1.165) is 5.56 Å². The minimum Gasteiger partial charge on any atom is -0.480 e. The van der Waals surface area contributed by atoms with Gasteiger partial charge < -0.3 is 31.5 Å². The monoisotopic (exact) mass is 672 g/mol. The van der Waals surface area contributed by atoms with E-state index in [1.54, 1.807) is 30.1 Å². The van der Waals surface area contributed by atoms with Gasteiger partial charge in [-0.15, -0.1) is 0 Å². The lowest BCUT2D eigenvalue weighted by Crippen LogP contribution is -2.48. The summed E-state index contributed by atoms with van der Waals surface area (Å²) < 4.78 is 0. The van der Waals surface area contributed by atoms with Gasteiger partial charge in [-0.3, -0.25) is 24.6 Å². The van der Waals surface area contributed by atoms with Crippen LogP contribution in [-0.2, 0) is 25.6 Å². The number of urea groups is 1. The third-order valence-corrected chi connectivity index (χ3v) is 8.32. The van der Waals surface area contributed by atoms with Crippen LogP contribution in [0.3, 0.4) is 0 Å². The number of nitro groups is 1. The predicted molar refractivity (Wildman–Crippen MR) is 176 cm³/mol. The molecule has 3 rings (SSSR count). The standard InChI is InChI=1S/C31H40N6O9S/c1-31(2,3)16-25(38)34-24(29(42)43)17-47-14-12-23(28(40)41)35-27(39)26-22-10-7-20(15-18(22)11-13-36(26)4)33-30(44)32-19-5-8-21(9-6-19)37(45)46/h5-10,15,23-24,26H,11-14,16-17H2,1-4H3,(H,34,38)(H,35,39)(H,40,41)(H,42,43)(H2,32,33,44). The molecule has 16 heteroatoms. The second-order valence-corrected chi connectivity index (χ2v) is 13.5. The van der Waals surface area contributed by atoms with Crippen LogP contribution in [0, 0.1) is 15.5 Å². The molecule has 254 valence electrons. The summed E-state index contributed by atoms with van der Waals surface area (Å²) >= 11 is 1.17. The molecule has 0 saturated heterocycles. The van der Waals surface area contributed by atoms with Gasteiger partial charge in [0.25, 0.3) is 5.69 Å². The number of fused-ring (bicyclic) bond motifs is 1. The second-order valence-electron chi connectivity index (χ2n) is 12.4. The maximum absolute atomic E-state index is 13.4. The first-order valence-corrected chi connectivity index (χ1v) is 16.0. The number of likely N-dealkylation sites (N-methyl/N-ethyl adjacent to an activating group) is 1. The lowest BCUT2D eigenvalue weighted by Gasteiger charge is -2.34. The van der Waals surface area contributed by atoms with Crippen LogP contribution in [0.5, 0.6) is 0 Å². The first kappa shape index (κ1) is 36.8. The largest absolute Gasteiger partial charge is 0.480 e. The number of carboxylic acids is 2. The van der Waals surface area contributed by atoms with Gasteiger partial charge >= 0.3 is 18.0 Å². The van der Waals surface area contributed by atoms with Gasteiger partial charge in [0, 0.05) is 42.2 Å². The van der Waals surface area contributed by atoms with E-state index in [4.69, 9.17) is 0 Å². The number of carbonyl (C=O) groups excluding carboxylic acids is 3. The minimum atomic E-state index is -1.23. The van der Waals surface area contributed by atoms with Gasteiger partial charge in [-0.2, -0.15) is 11.8 Å². The first-order valence-electron chi connectivity index (χ1n) is 14.8. The molecule has 0 aromatic heterocycles. The predicted octanol–water partition coefficient (Wildman–Crippen LogP) is 3.47. The van der Waals surface area contributed by atoms with E-state index in [1.807, 2.05) is 20.8 Å². The normalized spacial score (nSPS) is 15.8. The Morgan fingerprint density at radius 3 is 2.19 bits per heavy atom. The minimum absolute atomic E-state index is 0.0318. The number of nitrogens with zero attached hydrogens (tertiary/aromatic N) is 2. The molecule has 4 amide bonds.